The van der Waals surface area contributed by atoms with Gasteiger partial charge in [-0.15, -0.1) is 0 Å². The van der Waals surface area contributed by atoms with E-state index in [-0.39, 0.29) is 11.3 Å². The maximum Gasteiger partial charge on any atom is 0.417 e. The maximum atomic E-state index is 12.8. The van der Waals surface area contributed by atoms with Crippen molar-refractivity contribution < 1.29 is 17.6 Å². The highest BCUT2D eigenvalue weighted by molar-refractivity contribution is 5.64. The Balaban J connectivity index is 2.55. The van der Waals surface area contributed by atoms with Crippen LogP contribution in [0.2, 0.25) is 0 Å². The van der Waals surface area contributed by atoms with Crippen molar-refractivity contribution >= 4 is 6.08 Å². The van der Waals surface area contributed by atoms with Gasteiger partial charge in [-0.25, -0.2) is 0 Å². The van der Waals surface area contributed by atoms with Crippen LogP contribution in [0.3, 0.4) is 0 Å². The van der Waals surface area contributed by atoms with E-state index in [2.05, 4.69) is 6.58 Å². The fourth-order valence-electron chi connectivity index (χ4n) is 1.55. The molecule has 0 spiro atoms. The van der Waals surface area contributed by atoms with Gasteiger partial charge < -0.3 is 4.42 Å². The summed E-state index contributed by atoms with van der Waals surface area (Å²) in [5, 5.41) is 0. The number of rotatable bonds is 2. The van der Waals surface area contributed by atoms with Gasteiger partial charge in [0.15, 0.2) is 0 Å². The normalized spacial score (nSPS) is 11.5. The second-order valence-corrected chi connectivity index (χ2v) is 3.45. The Morgan fingerprint density at radius 2 is 1.76 bits per heavy atom. The highest BCUT2D eigenvalue weighted by Crippen LogP contribution is 2.37. The molecule has 2 aromatic rings. The topological polar surface area (TPSA) is 13.1 Å². The molecule has 0 fully saturated rings. The lowest BCUT2D eigenvalue weighted by Crippen LogP contribution is -2.06. The van der Waals surface area contributed by atoms with Gasteiger partial charge in [0.2, 0.25) is 0 Å². The molecule has 1 aromatic heterocycles. The molecule has 0 aliphatic carbocycles. The van der Waals surface area contributed by atoms with Crippen LogP contribution in [-0.4, -0.2) is 0 Å². The molecule has 1 heterocycles. The Hall–Kier alpha value is -1.97. The van der Waals surface area contributed by atoms with Gasteiger partial charge in [-0.05, 0) is 24.3 Å². The van der Waals surface area contributed by atoms with Crippen LogP contribution >= 0.6 is 0 Å². The summed E-state index contributed by atoms with van der Waals surface area (Å²) in [6.45, 7) is 3.49. The van der Waals surface area contributed by atoms with E-state index in [9.17, 15) is 13.2 Å². The zero-order valence-electron chi connectivity index (χ0n) is 8.79. The highest BCUT2D eigenvalue weighted by Gasteiger charge is 2.33. The standard InChI is InChI=1S/C13H9F3O/c1-2-9-7-8-12(17-9)10-5-3-4-6-11(10)13(14,15)16/h2-8H,1H2. The van der Waals surface area contributed by atoms with Crippen LogP contribution in [-0.2, 0) is 6.18 Å². The van der Waals surface area contributed by atoms with Crippen molar-refractivity contribution in [2.75, 3.05) is 0 Å². The minimum atomic E-state index is -4.39. The van der Waals surface area contributed by atoms with Gasteiger partial charge in [0.25, 0.3) is 0 Å². The van der Waals surface area contributed by atoms with Crippen molar-refractivity contribution in [2.24, 2.45) is 0 Å². The molecule has 88 valence electrons. The fraction of sp³-hybridized carbons (Fsp3) is 0.0769. The lowest BCUT2D eigenvalue weighted by atomic mass is 10.1. The van der Waals surface area contributed by atoms with E-state index in [1.54, 1.807) is 12.1 Å². The molecule has 0 saturated carbocycles. The summed E-state index contributed by atoms with van der Waals surface area (Å²) in [5.41, 5.74) is -0.668. The van der Waals surface area contributed by atoms with Gasteiger partial charge in [-0.2, -0.15) is 13.2 Å². The van der Waals surface area contributed by atoms with Crippen LogP contribution in [0.1, 0.15) is 11.3 Å². The summed E-state index contributed by atoms with van der Waals surface area (Å²) < 4.78 is 43.5. The molecule has 4 heteroatoms. The van der Waals surface area contributed by atoms with Crippen molar-refractivity contribution in [2.45, 2.75) is 6.18 Å². The van der Waals surface area contributed by atoms with Crippen molar-refractivity contribution in [3.8, 4) is 11.3 Å². The van der Waals surface area contributed by atoms with Crippen molar-refractivity contribution in [3.63, 3.8) is 0 Å². The van der Waals surface area contributed by atoms with Crippen molar-refractivity contribution in [3.05, 3.63) is 54.3 Å². The van der Waals surface area contributed by atoms with Gasteiger partial charge in [0.1, 0.15) is 11.5 Å². The second-order valence-electron chi connectivity index (χ2n) is 3.45. The Bertz CT molecular complexity index is 538. The first-order valence-corrected chi connectivity index (χ1v) is 4.91. The summed E-state index contributed by atoms with van der Waals surface area (Å²) in [6.07, 6.45) is -2.95. The number of furan rings is 1. The molecular formula is C13H9F3O. The average Bonchev–Trinajstić information content (AvgIpc) is 2.76. The summed E-state index contributed by atoms with van der Waals surface area (Å²) in [7, 11) is 0. The average molecular weight is 238 g/mol. The SMILES string of the molecule is C=Cc1ccc(-c2ccccc2C(F)(F)F)o1. The summed E-state index contributed by atoms with van der Waals surface area (Å²) in [5.74, 6) is 0.629. The quantitative estimate of drug-likeness (QED) is 0.744. The Morgan fingerprint density at radius 3 is 2.35 bits per heavy atom. The molecule has 0 amide bonds. The van der Waals surface area contributed by atoms with Gasteiger partial charge in [-0.3, -0.25) is 0 Å². The molecule has 0 atom stereocenters. The Labute approximate surface area is 96.2 Å². The predicted molar refractivity (Wildman–Crippen MR) is 59.2 cm³/mol. The zero-order valence-corrected chi connectivity index (χ0v) is 8.79. The fourth-order valence-corrected chi connectivity index (χ4v) is 1.55. The predicted octanol–water partition coefficient (Wildman–Crippen LogP) is 4.61. The zero-order chi connectivity index (χ0) is 12.5. The molecule has 0 bridgehead atoms. The first kappa shape index (κ1) is 11.5. The number of hydrogen-bond donors (Lipinski definition) is 0. The highest BCUT2D eigenvalue weighted by atomic mass is 19.4. The molecule has 1 nitrogen and oxygen atoms in total. The number of halogens is 3. The molecule has 0 unspecified atom stereocenters. The lowest BCUT2D eigenvalue weighted by molar-refractivity contribution is -0.137. The van der Waals surface area contributed by atoms with E-state index in [0.29, 0.717) is 5.76 Å². The second kappa shape index (κ2) is 4.13. The molecule has 1 aromatic carbocycles. The van der Waals surface area contributed by atoms with Gasteiger partial charge >= 0.3 is 6.18 Å². The van der Waals surface area contributed by atoms with Crippen molar-refractivity contribution in [1.29, 1.82) is 0 Å². The van der Waals surface area contributed by atoms with E-state index in [4.69, 9.17) is 4.42 Å². The van der Waals surface area contributed by atoms with Gasteiger partial charge in [0, 0.05) is 5.56 Å². The van der Waals surface area contributed by atoms with E-state index >= 15 is 0 Å². The minimum absolute atomic E-state index is 0.0353. The third-order valence-electron chi connectivity index (χ3n) is 2.33. The molecule has 0 aliphatic heterocycles. The molecule has 0 aliphatic rings. The van der Waals surface area contributed by atoms with Crippen LogP contribution in [0.15, 0.2) is 47.4 Å². The molecular weight excluding hydrogens is 229 g/mol. The monoisotopic (exact) mass is 238 g/mol. The molecule has 2 rings (SSSR count). The van der Waals surface area contributed by atoms with E-state index in [1.807, 2.05) is 0 Å². The number of benzene rings is 1. The Morgan fingerprint density at radius 1 is 1.06 bits per heavy atom. The summed E-state index contributed by atoms with van der Waals surface area (Å²) in [4.78, 5) is 0. The summed E-state index contributed by atoms with van der Waals surface area (Å²) >= 11 is 0. The smallest absolute Gasteiger partial charge is 0.417 e. The molecule has 0 radical (unpaired) electrons. The third-order valence-corrected chi connectivity index (χ3v) is 2.33. The van der Waals surface area contributed by atoms with E-state index < -0.39 is 11.7 Å². The Kier molecular flexibility index (Phi) is 2.79. The van der Waals surface area contributed by atoms with E-state index in [1.165, 1.54) is 24.3 Å². The van der Waals surface area contributed by atoms with Crippen LogP contribution in [0.25, 0.3) is 17.4 Å². The van der Waals surface area contributed by atoms with Gasteiger partial charge in [-0.1, -0.05) is 24.8 Å². The third kappa shape index (κ3) is 2.25. The lowest BCUT2D eigenvalue weighted by Gasteiger charge is -2.10. The van der Waals surface area contributed by atoms with Gasteiger partial charge in [0.05, 0.1) is 5.56 Å². The molecule has 0 saturated heterocycles. The first-order valence-electron chi connectivity index (χ1n) is 4.91. The van der Waals surface area contributed by atoms with Crippen LogP contribution < -0.4 is 0 Å². The number of hydrogen-bond acceptors (Lipinski definition) is 1. The maximum absolute atomic E-state index is 12.8. The largest absolute Gasteiger partial charge is 0.457 e. The first-order chi connectivity index (χ1) is 8.02. The minimum Gasteiger partial charge on any atom is -0.457 e. The van der Waals surface area contributed by atoms with E-state index in [0.717, 1.165) is 6.07 Å². The van der Waals surface area contributed by atoms with Crippen LogP contribution in [0, 0.1) is 0 Å². The molecule has 0 N–H and O–H groups in total. The molecule has 17 heavy (non-hydrogen) atoms. The number of alkyl halides is 3. The summed E-state index contributed by atoms with van der Waals surface area (Å²) in [6, 6.07) is 8.39. The van der Waals surface area contributed by atoms with Crippen molar-refractivity contribution in [1.82, 2.24) is 0 Å². The van der Waals surface area contributed by atoms with Crippen LogP contribution in [0.5, 0.6) is 0 Å². The van der Waals surface area contributed by atoms with Crippen LogP contribution in [0.4, 0.5) is 13.2 Å².